The van der Waals surface area contributed by atoms with Crippen molar-refractivity contribution in [2.45, 2.75) is 25.8 Å². The Morgan fingerprint density at radius 3 is 2.52 bits per heavy atom. The predicted molar refractivity (Wildman–Crippen MR) is 95.3 cm³/mol. The molecule has 0 amide bonds. The molecule has 21 heavy (non-hydrogen) atoms. The van der Waals surface area contributed by atoms with Crippen molar-refractivity contribution in [3.63, 3.8) is 0 Å². The average molecular weight is 434 g/mol. The van der Waals surface area contributed by atoms with Gasteiger partial charge in [-0.2, -0.15) is 0 Å². The van der Waals surface area contributed by atoms with Gasteiger partial charge < -0.3 is 10.5 Å². The lowest BCUT2D eigenvalue weighted by Gasteiger charge is -2.13. The molecule has 0 aliphatic heterocycles. The van der Waals surface area contributed by atoms with E-state index in [-0.39, 0.29) is 6.04 Å². The molecule has 0 spiro atoms. The van der Waals surface area contributed by atoms with Crippen LogP contribution in [0.4, 0.5) is 0 Å². The number of nitrogens with two attached hydrogens (primary N) is 1. The zero-order valence-electron chi connectivity index (χ0n) is 11.6. The highest BCUT2D eigenvalue weighted by Crippen LogP contribution is 2.33. The summed E-state index contributed by atoms with van der Waals surface area (Å²) < 4.78 is 7.70. The van der Waals surface area contributed by atoms with E-state index in [4.69, 9.17) is 22.1 Å². The summed E-state index contributed by atoms with van der Waals surface area (Å²) in [5.41, 5.74) is 7.19. The van der Waals surface area contributed by atoms with E-state index in [1.807, 2.05) is 24.3 Å². The molecule has 2 aromatic rings. The summed E-state index contributed by atoms with van der Waals surface area (Å²) >= 11 is 12.9. The lowest BCUT2D eigenvalue weighted by atomic mass is 10.0. The number of halogens is 3. The fourth-order valence-electron chi connectivity index (χ4n) is 1.87. The van der Waals surface area contributed by atoms with E-state index in [9.17, 15) is 0 Å². The van der Waals surface area contributed by atoms with Gasteiger partial charge in [0.1, 0.15) is 11.5 Å². The molecule has 0 saturated carbocycles. The van der Waals surface area contributed by atoms with E-state index in [0.717, 1.165) is 33.3 Å². The molecule has 2 rings (SSSR count). The maximum Gasteiger partial charge on any atom is 0.141 e. The molecule has 112 valence electrons. The number of hydrogen-bond donors (Lipinski definition) is 1. The van der Waals surface area contributed by atoms with Gasteiger partial charge in [-0.05, 0) is 64.7 Å². The highest BCUT2D eigenvalue weighted by atomic mass is 79.9. The standard InChI is InChI=1S/C16H16Br2ClNO/c1-2-12(20)7-10-3-5-13(9-14(10)17)21-16-6-4-11(19)8-15(16)18/h3-6,8-9,12H,2,7,20H2,1H3. The summed E-state index contributed by atoms with van der Waals surface area (Å²) in [6.45, 7) is 2.09. The number of ether oxygens (including phenoxy) is 1. The molecule has 0 heterocycles. The fraction of sp³-hybridized carbons (Fsp3) is 0.250. The van der Waals surface area contributed by atoms with Crippen molar-refractivity contribution in [1.82, 2.24) is 0 Å². The first-order valence-electron chi connectivity index (χ1n) is 6.66. The zero-order valence-corrected chi connectivity index (χ0v) is 15.5. The van der Waals surface area contributed by atoms with Crippen LogP contribution in [0.1, 0.15) is 18.9 Å². The molecule has 0 bridgehead atoms. The zero-order chi connectivity index (χ0) is 15.4. The Morgan fingerprint density at radius 1 is 1.14 bits per heavy atom. The Labute approximate surface area is 146 Å². The summed E-state index contributed by atoms with van der Waals surface area (Å²) in [6, 6.07) is 11.6. The third-order valence-corrected chi connectivity index (χ3v) is 4.75. The van der Waals surface area contributed by atoms with Crippen LogP contribution >= 0.6 is 43.5 Å². The van der Waals surface area contributed by atoms with Crippen molar-refractivity contribution in [2.75, 3.05) is 0 Å². The minimum atomic E-state index is 0.179. The van der Waals surface area contributed by atoms with Crippen LogP contribution in [-0.4, -0.2) is 6.04 Å². The number of benzene rings is 2. The van der Waals surface area contributed by atoms with Crippen molar-refractivity contribution < 1.29 is 4.74 Å². The van der Waals surface area contributed by atoms with Gasteiger partial charge in [0.2, 0.25) is 0 Å². The summed E-state index contributed by atoms with van der Waals surface area (Å²) in [6.07, 6.45) is 1.81. The molecule has 0 radical (unpaired) electrons. The first-order chi connectivity index (χ1) is 9.99. The maximum absolute atomic E-state index is 6.00. The fourth-order valence-corrected chi connectivity index (χ4v) is 3.15. The molecule has 0 aromatic heterocycles. The topological polar surface area (TPSA) is 35.2 Å². The number of hydrogen-bond acceptors (Lipinski definition) is 2. The van der Waals surface area contributed by atoms with Gasteiger partial charge in [0.05, 0.1) is 4.47 Å². The Kier molecular flexibility index (Phi) is 6.11. The molecule has 1 unspecified atom stereocenters. The Hall–Kier alpha value is -0.550. The van der Waals surface area contributed by atoms with Crippen LogP contribution in [0.2, 0.25) is 5.02 Å². The van der Waals surface area contributed by atoms with Gasteiger partial charge in [0, 0.05) is 15.5 Å². The van der Waals surface area contributed by atoms with Crippen LogP contribution < -0.4 is 10.5 Å². The maximum atomic E-state index is 6.00. The summed E-state index contributed by atoms with van der Waals surface area (Å²) in [5.74, 6) is 1.49. The van der Waals surface area contributed by atoms with Crippen LogP contribution in [0.5, 0.6) is 11.5 Å². The van der Waals surface area contributed by atoms with Crippen molar-refractivity contribution in [1.29, 1.82) is 0 Å². The molecule has 0 fully saturated rings. The SMILES string of the molecule is CCC(N)Cc1ccc(Oc2ccc(Cl)cc2Br)cc1Br. The quantitative estimate of drug-likeness (QED) is 0.634. The van der Waals surface area contributed by atoms with Crippen molar-refractivity contribution >= 4 is 43.5 Å². The summed E-state index contributed by atoms with van der Waals surface area (Å²) in [5, 5.41) is 0.666. The Balaban J connectivity index is 2.16. The lowest BCUT2D eigenvalue weighted by molar-refractivity contribution is 0.479. The smallest absolute Gasteiger partial charge is 0.141 e. The monoisotopic (exact) mass is 431 g/mol. The largest absolute Gasteiger partial charge is 0.456 e. The first kappa shape index (κ1) is 16.8. The Morgan fingerprint density at radius 2 is 1.90 bits per heavy atom. The van der Waals surface area contributed by atoms with Crippen molar-refractivity contribution in [3.05, 3.63) is 55.9 Å². The van der Waals surface area contributed by atoms with E-state index >= 15 is 0 Å². The summed E-state index contributed by atoms with van der Waals surface area (Å²) in [4.78, 5) is 0. The van der Waals surface area contributed by atoms with Crippen LogP contribution in [0.25, 0.3) is 0 Å². The van der Waals surface area contributed by atoms with E-state index in [1.165, 1.54) is 5.56 Å². The van der Waals surface area contributed by atoms with E-state index in [2.05, 4.69) is 38.8 Å². The Bertz CT molecular complexity index is 634. The van der Waals surface area contributed by atoms with Crippen molar-refractivity contribution in [3.8, 4) is 11.5 Å². The molecule has 2 aromatic carbocycles. The molecule has 2 N–H and O–H groups in total. The first-order valence-corrected chi connectivity index (χ1v) is 8.63. The van der Waals surface area contributed by atoms with Crippen LogP contribution in [0, 0.1) is 0 Å². The van der Waals surface area contributed by atoms with E-state index in [1.54, 1.807) is 12.1 Å². The van der Waals surface area contributed by atoms with Crippen LogP contribution in [0.15, 0.2) is 45.3 Å². The van der Waals surface area contributed by atoms with Gasteiger partial charge in [0.25, 0.3) is 0 Å². The minimum Gasteiger partial charge on any atom is -0.456 e. The second-order valence-corrected chi connectivity index (χ2v) is 6.95. The van der Waals surface area contributed by atoms with Crippen molar-refractivity contribution in [2.24, 2.45) is 5.73 Å². The molecular weight excluding hydrogens is 417 g/mol. The minimum absolute atomic E-state index is 0.179. The molecule has 0 aliphatic carbocycles. The molecule has 0 aliphatic rings. The highest BCUT2D eigenvalue weighted by Gasteiger charge is 2.08. The van der Waals surface area contributed by atoms with E-state index in [0.29, 0.717) is 5.02 Å². The van der Waals surface area contributed by atoms with Gasteiger partial charge in [-0.1, -0.05) is 40.5 Å². The molecule has 0 saturated heterocycles. The molecule has 1 atom stereocenters. The van der Waals surface area contributed by atoms with Gasteiger partial charge in [-0.15, -0.1) is 0 Å². The molecular formula is C16H16Br2ClNO. The second kappa shape index (κ2) is 7.63. The third kappa shape index (κ3) is 4.71. The van der Waals surface area contributed by atoms with Gasteiger partial charge in [0.15, 0.2) is 0 Å². The lowest BCUT2D eigenvalue weighted by Crippen LogP contribution is -2.21. The van der Waals surface area contributed by atoms with E-state index < -0.39 is 0 Å². The molecule has 5 heteroatoms. The van der Waals surface area contributed by atoms with Crippen LogP contribution in [0.3, 0.4) is 0 Å². The third-order valence-electron chi connectivity index (χ3n) is 3.15. The van der Waals surface area contributed by atoms with Crippen LogP contribution in [-0.2, 0) is 6.42 Å². The van der Waals surface area contributed by atoms with Gasteiger partial charge >= 0.3 is 0 Å². The number of rotatable bonds is 5. The predicted octanol–water partition coefficient (Wildman–Crippen LogP) is 5.94. The second-order valence-electron chi connectivity index (χ2n) is 4.80. The highest BCUT2D eigenvalue weighted by molar-refractivity contribution is 9.10. The van der Waals surface area contributed by atoms with Gasteiger partial charge in [-0.3, -0.25) is 0 Å². The average Bonchev–Trinajstić information content (AvgIpc) is 2.44. The normalized spacial score (nSPS) is 12.2. The molecule has 2 nitrogen and oxygen atoms in total. The summed E-state index contributed by atoms with van der Waals surface area (Å²) in [7, 11) is 0. The van der Waals surface area contributed by atoms with Gasteiger partial charge in [-0.25, -0.2) is 0 Å².